The fourth-order valence-corrected chi connectivity index (χ4v) is 5.80. The monoisotopic (exact) mass is 591 g/mol. The summed E-state index contributed by atoms with van der Waals surface area (Å²) in [4.78, 5) is 19.1. The Morgan fingerprint density at radius 1 is 0.932 bits per heavy atom. The second-order valence-corrected chi connectivity index (χ2v) is 11.6. The van der Waals surface area contributed by atoms with Crippen LogP contribution in [0.15, 0.2) is 67.1 Å². The molecule has 2 aromatic carbocycles. The third kappa shape index (κ3) is 5.85. The first kappa shape index (κ1) is 28.0. The molecule has 44 heavy (non-hydrogen) atoms. The second kappa shape index (κ2) is 12.0. The van der Waals surface area contributed by atoms with Gasteiger partial charge in [-0.1, -0.05) is 12.5 Å². The highest BCUT2D eigenvalue weighted by Crippen LogP contribution is 2.34. The third-order valence-electron chi connectivity index (χ3n) is 8.07. The number of aromatic nitrogens is 6. The molecule has 6 aromatic rings. The number of imidazole rings is 1. The number of pyridine rings is 2. The Balaban J connectivity index is 1.21. The van der Waals surface area contributed by atoms with Gasteiger partial charge in [0.1, 0.15) is 29.6 Å². The lowest BCUT2D eigenvalue weighted by molar-refractivity contribution is 0.154. The summed E-state index contributed by atoms with van der Waals surface area (Å²) in [7, 11) is 3.94. The molecule has 4 heterocycles. The van der Waals surface area contributed by atoms with Crippen molar-refractivity contribution < 1.29 is 13.9 Å². The Labute approximate surface area is 254 Å². The smallest absolute Gasteiger partial charge is 0.178 e. The zero-order valence-corrected chi connectivity index (χ0v) is 24.8. The van der Waals surface area contributed by atoms with Crippen molar-refractivity contribution in [2.75, 3.05) is 27.2 Å². The summed E-state index contributed by atoms with van der Waals surface area (Å²) in [6.07, 6.45) is 11.5. The fourth-order valence-electron chi connectivity index (χ4n) is 5.80. The minimum atomic E-state index is -0.374. The van der Waals surface area contributed by atoms with Gasteiger partial charge in [-0.25, -0.2) is 14.4 Å². The van der Waals surface area contributed by atoms with Crippen LogP contribution in [0.2, 0.25) is 0 Å². The Morgan fingerprint density at radius 2 is 1.80 bits per heavy atom. The first-order chi connectivity index (χ1) is 21.5. The topological polar surface area (TPSA) is 105 Å². The van der Waals surface area contributed by atoms with E-state index in [0.29, 0.717) is 40.6 Å². The van der Waals surface area contributed by atoms with Crippen molar-refractivity contribution in [1.29, 1.82) is 0 Å². The molecule has 1 aliphatic rings. The van der Waals surface area contributed by atoms with E-state index in [1.54, 1.807) is 12.4 Å². The first-order valence-corrected chi connectivity index (χ1v) is 15.0. The average molecular weight is 592 g/mol. The lowest BCUT2D eigenvalue weighted by atomic mass is 9.98. The highest BCUT2D eigenvalue weighted by Gasteiger charge is 2.18. The van der Waals surface area contributed by atoms with Crippen LogP contribution in [0.4, 0.5) is 4.39 Å². The Morgan fingerprint density at radius 3 is 2.66 bits per heavy atom. The summed E-state index contributed by atoms with van der Waals surface area (Å²) in [5.74, 6) is 1.46. The molecule has 0 bridgehead atoms. The molecule has 4 aromatic heterocycles. The van der Waals surface area contributed by atoms with Crippen LogP contribution in [-0.4, -0.2) is 68.4 Å². The number of likely N-dealkylation sites (N-methyl/N-ethyl adjacent to an activating group) is 1. The summed E-state index contributed by atoms with van der Waals surface area (Å²) in [6, 6.07) is 14.8. The van der Waals surface area contributed by atoms with Gasteiger partial charge in [-0.05, 0) is 87.3 Å². The lowest BCUT2D eigenvalue weighted by Crippen LogP contribution is -2.19. The van der Waals surface area contributed by atoms with Crippen LogP contribution in [0.5, 0.6) is 11.5 Å². The summed E-state index contributed by atoms with van der Waals surface area (Å²) < 4.78 is 26.8. The van der Waals surface area contributed by atoms with E-state index in [1.165, 1.54) is 31.4 Å². The van der Waals surface area contributed by atoms with Crippen molar-refractivity contribution in [3.8, 4) is 45.3 Å². The minimum absolute atomic E-state index is 0.255. The van der Waals surface area contributed by atoms with Crippen molar-refractivity contribution in [2.24, 2.45) is 0 Å². The summed E-state index contributed by atoms with van der Waals surface area (Å²) >= 11 is 0. The summed E-state index contributed by atoms with van der Waals surface area (Å²) in [6.45, 7) is 1.18. The first-order valence-electron chi connectivity index (χ1n) is 15.0. The number of nitrogens with one attached hydrogen (secondary N) is 2. The fraction of sp³-hybridized carbons (Fsp3) is 0.294. The van der Waals surface area contributed by atoms with E-state index in [0.717, 1.165) is 52.7 Å². The van der Waals surface area contributed by atoms with Gasteiger partial charge in [-0.3, -0.25) is 10.1 Å². The Kier molecular flexibility index (Phi) is 7.66. The van der Waals surface area contributed by atoms with Crippen molar-refractivity contribution in [1.82, 2.24) is 35.0 Å². The van der Waals surface area contributed by atoms with Gasteiger partial charge in [0.2, 0.25) is 0 Å². The van der Waals surface area contributed by atoms with Crippen LogP contribution in [0.3, 0.4) is 0 Å². The number of aromatic amines is 2. The molecule has 0 saturated heterocycles. The molecule has 9 nitrogen and oxygen atoms in total. The van der Waals surface area contributed by atoms with Gasteiger partial charge in [-0.2, -0.15) is 5.10 Å². The number of hydrogen-bond donors (Lipinski definition) is 2. The molecular weight excluding hydrogens is 557 g/mol. The molecule has 0 unspecified atom stereocenters. The number of fused-ring (bicyclic) bond motifs is 2. The van der Waals surface area contributed by atoms with Crippen LogP contribution in [0.1, 0.15) is 32.1 Å². The van der Waals surface area contributed by atoms with Gasteiger partial charge in [-0.15, -0.1) is 0 Å². The molecule has 0 aliphatic heterocycles. The molecule has 2 N–H and O–H groups in total. The van der Waals surface area contributed by atoms with Crippen LogP contribution in [-0.2, 0) is 0 Å². The Hall–Kier alpha value is -4.83. The molecule has 1 aliphatic carbocycles. The highest BCUT2D eigenvalue weighted by molar-refractivity contribution is 5.97. The second-order valence-electron chi connectivity index (χ2n) is 11.6. The number of rotatable bonds is 9. The van der Waals surface area contributed by atoms with Crippen LogP contribution >= 0.6 is 0 Å². The molecule has 7 rings (SSSR count). The van der Waals surface area contributed by atoms with E-state index < -0.39 is 0 Å². The van der Waals surface area contributed by atoms with Crippen LogP contribution in [0.25, 0.3) is 55.8 Å². The number of hydrogen-bond acceptors (Lipinski definition) is 7. The normalized spacial score (nSPS) is 14.1. The van der Waals surface area contributed by atoms with E-state index in [1.807, 2.05) is 49.5 Å². The van der Waals surface area contributed by atoms with Gasteiger partial charge in [0.25, 0.3) is 0 Å². The van der Waals surface area contributed by atoms with E-state index in [-0.39, 0.29) is 11.9 Å². The SMILES string of the molecule is CN(C)CCOc1cc(F)cc(-c2ccnc3nc(-c4n[nH]c5ccc(-c6cncc(OC7CCCCC7)c6)cc45)[nH]c23)c1. The number of benzene rings is 2. The molecule has 0 amide bonds. The van der Waals surface area contributed by atoms with Gasteiger partial charge in [0, 0.05) is 41.5 Å². The maximum absolute atomic E-state index is 14.7. The van der Waals surface area contributed by atoms with E-state index in [4.69, 9.17) is 14.5 Å². The minimum Gasteiger partial charge on any atom is -0.492 e. The highest BCUT2D eigenvalue weighted by atomic mass is 19.1. The van der Waals surface area contributed by atoms with E-state index >= 15 is 0 Å². The summed E-state index contributed by atoms with van der Waals surface area (Å²) in [5.41, 5.74) is 6.16. The zero-order valence-electron chi connectivity index (χ0n) is 24.8. The average Bonchev–Trinajstić information content (AvgIpc) is 3.65. The van der Waals surface area contributed by atoms with Crippen molar-refractivity contribution >= 4 is 22.1 Å². The molecule has 224 valence electrons. The van der Waals surface area contributed by atoms with Crippen molar-refractivity contribution in [3.63, 3.8) is 0 Å². The third-order valence-corrected chi connectivity index (χ3v) is 8.07. The van der Waals surface area contributed by atoms with E-state index in [2.05, 4.69) is 37.3 Å². The zero-order chi connectivity index (χ0) is 30.0. The number of nitrogens with zero attached hydrogens (tertiary/aromatic N) is 5. The molecule has 1 saturated carbocycles. The maximum atomic E-state index is 14.7. The van der Waals surface area contributed by atoms with Crippen molar-refractivity contribution in [3.05, 3.63) is 72.9 Å². The predicted molar refractivity (Wildman–Crippen MR) is 169 cm³/mol. The number of ether oxygens (including phenoxy) is 2. The van der Waals surface area contributed by atoms with Crippen LogP contribution < -0.4 is 9.47 Å². The molecule has 10 heteroatoms. The van der Waals surface area contributed by atoms with Gasteiger partial charge < -0.3 is 19.4 Å². The maximum Gasteiger partial charge on any atom is 0.178 e. The number of H-pyrrole nitrogens is 2. The standard InChI is InChI=1S/C34H34FN7O2/c1-42(2)12-13-43-26-15-22(14-24(35)18-26)28-10-11-37-33-31(28)38-34(39-33)32-29-17-21(8-9-30(29)40-41-32)23-16-27(20-36-19-23)44-25-6-4-3-5-7-25/h8-11,14-20,25H,3-7,12-13H2,1-2H3,(H,40,41)(H,37,38,39). The molecule has 1 fully saturated rings. The number of halogens is 1. The largest absolute Gasteiger partial charge is 0.492 e. The molecule has 0 spiro atoms. The van der Waals surface area contributed by atoms with Gasteiger partial charge in [0.05, 0.1) is 23.3 Å². The van der Waals surface area contributed by atoms with Gasteiger partial charge >= 0.3 is 0 Å². The van der Waals surface area contributed by atoms with Crippen LogP contribution in [0, 0.1) is 5.82 Å². The quantitative estimate of drug-likeness (QED) is 0.186. The molecule has 0 atom stereocenters. The Bertz CT molecular complexity index is 1930. The lowest BCUT2D eigenvalue weighted by Gasteiger charge is -2.23. The van der Waals surface area contributed by atoms with Gasteiger partial charge in [0.15, 0.2) is 11.5 Å². The molecular formula is C34H34FN7O2. The molecule has 0 radical (unpaired) electrons. The summed E-state index contributed by atoms with van der Waals surface area (Å²) in [5, 5.41) is 8.63. The van der Waals surface area contributed by atoms with Crippen molar-refractivity contribution in [2.45, 2.75) is 38.2 Å². The predicted octanol–water partition coefficient (Wildman–Crippen LogP) is 7.02. The van der Waals surface area contributed by atoms with E-state index in [9.17, 15) is 4.39 Å².